The summed E-state index contributed by atoms with van der Waals surface area (Å²) in [6.07, 6.45) is 3.53. The molecule has 2 aromatic rings. The maximum Gasteiger partial charge on any atom is 0.239 e. The van der Waals surface area contributed by atoms with Crippen molar-refractivity contribution in [2.24, 2.45) is 5.84 Å². The zero-order valence-corrected chi connectivity index (χ0v) is 11.9. The first-order chi connectivity index (χ1) is 10.3. The summed E-state index contributed by atoms with van der Waals surface area (Å²) >= 11 is 0. The Labute approximate surface area is 123 Å². The second-order valence-electron chi connectivity index (χ2n) is 4.86. The molecule has 3 heterocycles. The molecule has 0 saturated carbocycles. The van der Waals surface area contributed by atoms with E-state index in [1.807, 2.05) is 19.1 Å². The molecule has 3 N–H and O–H groups in total. The van der Waals surface area contributed by atoms with Crippen molar-refractivity contribution in [1.29, 1.82) is 0 Å². The van der Waals surface area contributed by atoms with Crippen LogP contribution in [0.2, 0.25) is 0 Å². The molecule has 0 spiro atoms. The molecule has 1 aliphatic heterocycles. The van der Waals surface area contributed by atoms with Gasteiger partial charge in [0.2, 0.25) is 11.9 Å². The van der Waals surface area contributed by atoms with Crippen molar-refractivity contribution in [1.82, 2.24) is 19.9 Å². The van der Waals surface area contributed by atoms with Crippen molar-refractivity contribution in [3.8, 4) is 0 Å². The number of anilines is 3. The molecular formula is C13H18N8. The smallest absolute Gasteiger partial charge is 0.239 e. The van der Waals surface area contributed by atoms with E-state index in [-0.39, 0.29) is 0 Å². The second-order valence-corrected chi connectivity index (χ2v) is 4.86. The first-order valence-corrected chi connectivity index (χ1v) is 6.85. The van der Waals surface area contributed by atoms with E-state index in [1.54, 1.807) is 12.4 Å². The molecule has 3 rings (SSSR count). The normalized spacial score (nSPS) is 15.1. The fourth-order valence-electron chi connectivity index (χ4n) is 2.37. The summed E-state index contributed by atoms with van der Waals surface area (Å²) in [4.78, 5) is 21.6. The van der Waals surface area contributed by atoms with E-state index in [0.717, 1.165) is 43.6 Å². The summed E-state index contributed by atoms with van der Waals surface area (Å²) in [5, 5.41) is 0. The van der Waals surface area contributed by atoms with Crippen LogP contribution in [-0.2, 0) is 0 Å². The molecule has 1 fully saturated rings. The quantitative estimate of drug-likeness (QED) is 0.609. The molecule has 21 heavy (non-hydrogen) atoms. The fourth-order valence-corrected chi connectivity index (χ4v) is 2.37. The molecule has 0 amide bonds. The molecule has 1 saturated heterocycles. The molecule has 0 aromatic carbocycles. The van der Waals surface area contributed by atoms with Gasteiger partial charge >= 0.3 is 0 Å². The van der Waals surface area contributed by atoms with Gasteiger partial charge in [-0.25, -0.2) is 20.8 Å². The van der Waals surface area contributed by atoms with Crippen molar-refractivity contribution < 1.29 is 0 Å². The zero-order chi connectivity index (χ0) is 14.7. The zero-order valence-electron chi connectivity index (χ0n) is 11.9. The fraction of sp³-hybridized carbons (Fsp3) is 0.385. The summed E-state index contributed by atoms with van der Waals surface area (Å²) < 4.78 is 0. The van der Waals surface area contributed by atoms with Crippen LogP contribution in [0.3, 0.4) is 0 Å². The lowest BCUT2D eigenvalue weighted by atomic mass is 10.3. The Morgan fingerprint density at radius 2 is 1.71 bits per heavy atom. The Bertz CT molecular complexity index is 594. The van der Waals surface area contributed by atoms with Crippen LogP contribution in [0.25, 0.3) is 0 Å². The number of hydrogen-bond donors (Lipinski definition) is 2. The van der Waals surface area contributed by atoms with Gasteiger partial charge in [0.15, 0.2) is 0 Å². The Morgan fingerprint density at radius 3 is 2.38 bits per heavy atom. The first-order valence-electron chi connectivity index (χ1n) is 6.85. The lowest BCUT2D eigenvalue weighted by Crippen LogP contribution is -2.47. The molecule has 2 aromatic heterocycles. The number of piperazine rings is 1. The number of nitrogens with one attached hydrogen (secondary N) is 1. The van der Waals surface area contributed by atoms with Gasteiger partial charge in [0.1, 0.15) is 5.82 Å². The number of hydrogen-bond acceptors (Lipinski definition) is 8. The van der Waals surface area contributed by atoms with Crippen molar-refractivity contribution in [3.05, 3.63) is 30.2 Å². The first kappa shape index (κ1) is 13.5. The average Bonchev–Trinajstić information content (AvgIpc) is 2.55. The maximum atomic E-state index is 5.40. The summed E-state index contributed by atoms with van der Waals surface area (Å²) in [5.74, 6) is 7.51. The number of nitrogen functional groups attached to an aromatic ring is 1. The summed E-state index contributed by atoms with van der Waals surface area (Å²) in [6, 6.07) is 3.79. The third-order valence-corrected chi connectivity index (χ3v) is 3.41. The topological polar surface area (TPSA) is 96.1 Å². The van der Waals surface area contributed by atoms with Crippen LogP contribution < -0.4 is 21.1 Å². The molecule has 0 unspecified atom stereocenters. The number of aryl methyl sites for hydroxylation is 1. The third-order valence-electron chi connectivity index (χ3n) is 3.41. The van der Waals surface area contributed by atoms with Crippen molar-refractivity contribution in [2.75, 3.05) is 41.4 Å². The predicted octanol–water partition coefficient (Wildman–Crippen LogP) is 0.187. The second kappa shape index (κ2) is 5.88. The van der Waals surface area contributed by atoms with Crippen LogP contribution >= 0.6 is 0 Å². The molecule has 110 valence electrons. The highest BCUT2D eigenvalue weighted by Crippen LogP contribution is 2.18. The SMILES string of the molecule is Cc1cc(N2CCN(c3ncccn3)CC2)nc(NN)n1. The molecular weight excluding hydrogens is 268 g/mol. The van der Waals surface area contributed by atoms with Gasteiger partial charge in [-0.3, -0.25) is 5.43 Å². The highest BCUT2D eigenvalue weighted by Gasteiger charge is 2.20. The van der Waals surface area contributed by atoms with Crippen LogP contribution in [0.15, 0.2) is 24.5 Å². The van der Waals surface area contributed by atoms with Crippen molar-refractivity contribution in [2.45, 2.75) is 6.92 Å². The molecule has 8 nitrogen and oxygen atoms in total. The molecule has 0 radical (unpaired) electrons. The van der Waals surface area contributed by atoms with E-state index < -0.39 is 0 Å². The summed E-state index contributed by atoms with van der Waals surface area (Å²) in [5.41, 5.74) is 3.39. The number of nitrogens with two attached hydrogens (primary N) is 1. The molecule has 1 aliphatic rings. The number of aromatic nitrogens is 4. The van der Waals surface area contributed by atoms with Crippen LogP contribution in [0.4, 0.5) is 17.7 Å². The Morgan fingerprint density at radius 1 is 1.05 bits per heavy atom. The van der Waals surface area contributed by atoms with E-state index in [0.29, 0.717) is 5.95 Å². The van der Waals surface area contributed by atoms with Crippen molar-refractivity contribution in [3.63, 3.8) is 0 Å². The van der Waals surface area contributed by atoms with Crippen LogP contribution in [0, 0.1) is 6.92 Å². The number of hydrazine groups is 1. The van der Waals surface area contributed by atoms with Crippen LogP contribution in [0.5, 0.6) is 0 Å². The van der Waals surface area contributed by atoms with E-state index in [4.69, 9.17) is 5.84 Å². The summed E-state index contributed by atoms with van der Waals surface area (Å²) in [7, 11) is 0. The van der Waals surface area contributed by atoms with Gasteiger partial charge in [0, 0.05) is 50.3 Å². The minimum atomic E-state index is 0.443. The van der Waals surface area contributed by atoms with Gasteiger partial charge in [-0.2, -0.15) is 4.98 Å². The Hall–Kier alpha value is -2.48. The standard InChI is InChI=1S/C13H18N8/c1-10-9-11(18-12(17-10)19-14)20-5-7-21(8-6-20)13-15-3-2-4-16-13/h2-4,9H,5-8,14H2,1H3,(H,17,18,19). The van der Waals surface area contributed by atoms with Crippen LogP contribution in [-0.4, -0.2) is 46.1 Å². The van der Waals surface area contributed by atoms with E-state index in [2.05, 4.69) is 35.2 Å². The third kappa shape index (κ3) is 3.00. The van der Waals surface area contributed by atoms with Gasteiger partial charge in [0.05, 0.1) is 0 Å². The lowest BCUT2D eigenvalue weighted by Gasteiger charge is -2.35. The Kier molecular flexibility index (Phi) is 3.78. The highest BCUT2D eigenvalue weighted by atomic mass is 15.4. The minimum Gasteiger partial charge on any atom is -0.353 e. The van der Waals surface area contributed by atoms with Gasteiger partial charge < -0.3 is 9.80 Å². The van der Waals surface area contributed by atoms with E-state index in [1.165, 1.54) is 0 Å². The van der Waals surface area contributed by atoms with Gasteiger partial charge in [0.25, 0.3) is 0 Å². The molecule has 8 heteroatoms. The van der Waals surface area contributed by atoms with Gasteiger partial charge in [-0.15, -0.1) is 0 Å². The van der Waals surface area contributed by atoms with Crippen LogP contribution in [0.1, 0.15) is 5.69 Å². The Balaban J connectivity index is 1.70. The maximum absolute atomic E-state index is 5.40. The van der Waals surface area contributed by atoms with Gasteiger partial charge in [-0.05, 0) is 13.0 Å². The number of rotatable bonds is 3. The minimum absolute atomic E-state index is 0.443. The number of nitrogens with zero attached hydrogens (tertiary/aromatic N) is 6. The predicted molar refractivity (Wildman–Crippen MR) is 81.0 cm³/mol. The lowest BCUT2D eigenvalue weighted by molar-refractivity contribution is 0.634. The average molecular weight is 286 g/mol. The van der Waals surface area contributed by atoms with E-state index in [9.17, 15) is 0 Å². The largest absolute Gasteiger partial charge is 0.353 e. The van der Waals surface area contributed by atoms with E-state index >= 15 is 0 Å². The highest BCUT2D eigenvalue weighted by molar-refractivity contribution is 5.46. The molecule has 0 atom stereocenters. The van der Waals surface area contributed by atoms with Gasteiger partial charge in [-0.1, -0.05) is 0 Å². The molecule has 0 aliphatic carbocycles. The molecule has 0 bridgehead atoms. The van der Waals surface area contributed by atoms with Crippen molar-refractivity contribution >= 4 is 17.7 Å². The summed E-state index contributed by atoms with van der Waals surface area (Å²) in [6.45, 7) is 5.37. The monoisotopic (exact) mass is 286 g/mol.